The summed E-state index contributed by atoms with van der Waals surface area (Å²) in [5.41, 5.74) is 4.80. The summed E-state index contributed by atoms with van der Waals surface area (Å²) in [4.78, 5) is 7.08. The number of imidazole rings is 1. The highest BCUT2D eigenvalue weighted by Gasteiger charge is 2.27. The number of aromatic nitrogens is 4. The Kier molecular flexibility index (Phi) is 5.85. The molecule has 5 rings (SSSR count). The number of aryl methyl sites for hydroxylation is 2. The molecule has 0 amide bonds. The molecule has 1 aliphatic rings. The van der Waals surface area contributed by atoms with Gasteiger partial charge >= 0.3 is 0 Å². The van der Waals surface area contributed by atoms with Gasteiger partial charge in [-0.2, -0.15) is 5.10 Å². The summed E-state index contributed by atoms with van der Waals surface area (Å²) >= 11 is 6.23. The van der Waals surface area contributed by atoms with E-state index in [1.54, 1.807) is 6.20 Å². The van der Waals surface area contributed by atoms with Gasteiger partial charge in [0.15, 0.2) is 0 Å². The van der Waals surface area contributed by atoms with E-state index in [1.807, 2.05) is 31.2 Å². The highest BCUT2D eigenvalue weighted by atomic mass is 35.5. The Bertz CT molecular complexity index is 1310. The van der Waals surface area contributed by atoms with Crippen LogP contribution < -0.4 is 4.74 Å². The lowest BCUT2D eigenvalue weighted by Gasteiger charge is -2.26. The van der Waals surface area contributed by atoms with Crippen LogP contribution in [0.3, 0.4) is 0 Å². The molecular formula is C25H27ClFN5O. The van der Waals surface area contributed by atoms with Crippen molar-refractivity contribution in [3.05, 3.63) is 64.5 Å². The van der Waals surface area contributed by atoms with Gasteiger partial charge in [0, 0.05) is 34.5 Å². The van der Waals surface area contributed by atoms with Gasteiger partial charge in [-0.25, -0.2) is 9.37 Å². The number of nitrogens with zero attached hydrogens (tertiary/aromatic N) is 4. The van der Waals surface area contributed by atoms with Crippen LogP contribution in [0.1, 0.15) is 29.4 Å². The van der Waals surface area contributed by atoms with Crippen LogP contribution in [0.2, 0.25) is 5.02 Å². The lowest BCUT2D eigenvalue weighted by Crippen LogP contribution is -2.23. The molecule has 4 aromatic rings. The van der Waals surface area contributed by atoms with E-state index in [9.17, 15) is 0 Å². The van der Waals surface area contributed by atoms with E-state index >= 15 is 4.39 Å². The second-order valence-corrected chi connectivity index (χ2v) is 9.41. The van der Waals surface area contributed by atoms with E-state index in [0.29, 0.717) is 22.7 Å². The van der Waals surface area contributed by atoms with Gasteiger partial charge in [-0.15, -0.1) is 0 Å². The van der Waals surface area contributed by atoms with Gasteiger partial charge < -0.3 is 14.2 Å². The average molecular weight is 468 g/mol. The first-order valence-electron chi connectivity index (χ1n) is 11.2. The second kappa shape index (κ2) is 8.80. The first kappa shape index (κ1) is 21.9. The number of ether oxygens (including phenoxy) is 1. The Morgan fingerprint density at radius 3 is 2.85 bits per heavy atom. The molecule has 0 spiro atoms. The van der Waals surface area contributed by atoms with E-state index in [-0.39, 0.29) is 11.7 Å². The van der Waals surface area contributed by atoms with E-state index in [1.165, 1.54) is 6.07 Å². The fourth-order valence-corrected chi connectivity index (χ4v) is 4.81. The molecular weight excluding hydrogens is 441 g/mol. The van der Waals surface area contributed by atoms with Gasteiger partial charge in [-0.05, 0) is 70.2 Å². The molecule has 0 saturated carbocycles. The molecule has 172 valence electrons. The first-order valence-corrected chi connectivity index (χ1v) is 11.5. The van der Waals surface area contributed by atoms with Crippen molar-refractivity contribution >= 4 is 22.6 Å². The number of benzene rings is 2. The summed E-state index contributed by atoms with van der Waals surface area (Å²) < 4.78 is 23.4. The third kappa shape index (κ3) is 4.23. The van der Waals surface area contributed by atoms with Crippen LogP contribution >= 0.6 is 11.6 Å². The van der Waals surface area contributed by atoms with Crippen LogP contribution in [-0.4, -0.2) is 51.9 Å². The molecule has 3 heterocycles. The zero-order valence-electron chi connectivity index (χ0n) is 19.0. The van der Waals surface area contributed by atoms with E-state index in [0.717, 1.165) is 59.8 Å². The maximum atomic E-state index is 15.1. The molecule has 0 saturated heterocycles. The molecule has 0 radical (unpaired) electrons. The number of H-pyrrole nitrogens is 1. The summed E-state index contributed by atoms with van der Waals surface area (Å²) in [7, 11) is 4.13. The Labute approximate surface area is 197 Å². The second-order valence-electron chi connectivity index (χ2n) is 8.97. The standard InChI is InChI=1S/C25H27ClFN5O/c1-15-20(13-28-30-15)19-11-23-22(12-21(19)27)29-25(32(23)8-4-7-31(2)3)17-9-16-10-18(26)5-6-24(16)33-14-17/h5-6,10-13,17H,4,7-9,14H2,1-3H3,(H,28,30). The van der Waals surface area contributed by atoms with Crippen molar-refractivity contribution in [2.45, 2.75) is 32.2 Å². The molecule has 6 nitrogen and oxygen atoms in total. The Balaban J connectivity index is 1.59. The van der Waals surface area contributed by atoms with Crippen molar-refractivity contribution in [3.63, 3.8) is 0 Å². The monoisotopic (exact) mass is 467 g/mol. The van der Waals surface area contributed by atoms with Crippen molar-refractivity contribution in [1.29, 1.82) is 0 Å². The highest BCUT2D eigenvalue weighted by molar-refractivity contribution is 6.30. The molecule has 1 N–H and O–H groups in total. The average Bonchev–Trinajstić information content (AvgIpc) is 3.35. The van der Waals surface area contributed by atoms with Crippen LogP contribution in [0.25, 0.3) is 22.2 Å². The number of nitrogens with one attached hydrogen (secondary N) is 1. The van der Waals surface area contributed by atoms with E-state index in [4.69, 9.17) is 21.3 Å². The molecule has 33 heavy (non-hydrogen) atoms. The van der Waals surface area contributed by atoms with Gasteiger partial charge in [0.2, 0.25) is 0 Å². The molecule has 0 aliphatic carbocycles. The smallest absolute Gasteiger partial charge is 0.133 e. The predicted octanol–water partition coefficient (Wildman–Crippen LogP) is 5.20. The zero-order chi connectivity index (χ0) is 23.1. The number of rotatable bonds is 6. The van der Waals surface area contributed by atoms with E-state index < -0.39 is 0 Å². The van der Waals surface area contributed by atoms with Crippen LogP contribution in [0.15, 0.2) is 36.5 Å². The summed E-state index contributed by atoms with van der Waals surface area (Å²) in [5.74, 6) is 1.56. The predicted molar refractivity (Wildman–Crippen MR) is 129 cm³/mol. The molecule has 0 bridgehead atoms. The summed E-state index contributed by atoms with van der Waals surface area (Å²) in [6.07, 6.45) is 3.41. The zero-order valence-corrected chi connectivity index (χ0v) is 19.8. The minimum absolute atomic E-state index is 0.0601. The number of hydrogen-bond acceptors (Lipinski definition) is 4. The molecule has 0 fully saturated rings. The van der Waals surface area contributed by atoms with Gasteiger partial charge in [0.25, 0.3) is 0 Å². The maximum Gasteiger partial charge on any atom is 0.133 e. The summed E-state index contributed by atoms with van der Waals surface area (Å²) in [6.45, 7) is 4.17. The number of hydrogen-bond donors (Lipinski definition) is 1. The van der Waals surface area contributed by atoms with Crippen molar-refractivity contribution in [3.8, 4) is 16.9 Å². The van der Waals surface area contributed by atoms with Crippen LogP contribution in [0, 0.1) is 12.7 Å². The molecule has 2 aromatic carbocycles. The third-order valence-electron chi connectivity index (χ3n) is 6.27. The van der Waals surface area contributed by atoms with Gasteiger partial charge in [0.05, 0.1) is 29.8 Å². The Morgan fingerprint density at radius 1 is 1.24 bits per heavy atom. The summed E-state index contributed by atoms with van der Waals surface area (Å²) in [6, 6.07) is 9.17. The lowest BCUT2D eigenvalue weighted by atomic mass is 9.96. The van der Waals surface area contributed by atoms with Crippen LogP contribution in [0.4, 0.5) is 4.39 Å². The van der Waals surface area contributed by atoms with Crippen LogP contribution in [0.5, 0.6) is 5.75 Å². The fourth-order valence-electron chi connectivity index (χ4n) is 4.61. The largest absolute Gasteiger partial charge is 0.493 e. The SMILES string of the molecule is Cc1[nH]ncc1-c1cc2c(cc1F)nc(C1COc3ccc(Cl)cc3C1)n2CCCN(C)C. The quantitative estimate of drug-likeness (QED) is 0.423. The molecule has 8 heteroatoms. The van der Waals surface area contributed by atoms with E-state index in [2.05, 4.69) is 33.8 Å². The van der Waals surface area contributed by atoms with Gasteiger partial charge in [-0.1, -0.05) is 11.6 Å². The lowest BCUT2D eigenvalue weighted by molar-refractivity contribution is 0.254. The normalized spacial score (nSPS) is 15.8. The highest BCUT2D eigenvalue weighted by Crippen LogP contribution is 2.36. The van der Waals surface area contributed by atoms with Crippen molar-refractivity contribution < 1.29 is 9.13 Å². The van der Waals surface area contributed by atoms with Crippen molar-refractivity contribution in [2.24, 2.45) is 0 Å². The minimum Gasteiger partial charge on any atom is -0.493 e. The Hall–Kier alpha value is -2.90. The first-order chi connectivity index (χ1) is 15.9. The molecule has 2 aromatic heterocycles. The number of fused-ring (bicyclic) bond motifs is 2. The molecule has 1 atom stereocenters. The number of halogens is 2. The van der Waals surface area contributed by atoms with Crippen molar-refractivity contribution in [1.82, 2.24) is 24.6 Å². The summed E-state index contributed by atoms with van der Waals surface area (Å²) in [5, 5.41) is 7.67. The molecule has 1 aliphatic heterocycles. The third-order valence-corrected chi connectivity index (χ3v) is 6.50. The van der Waals surface area contributed by atoms with Crippen LogP contribution in [-0.2, 0) is 13.0 Å². The molecule has 1 unspecified atom stereocenters. The van der Waals surface area contributed by atoms with Crippen molar-refractivity contribution in [2.75, 3.05) is 27.2 Å². The topological polar surface area (TPSA) is 59.0 Å². The minimum atomic E-state index is -0.298. The Morgan fingerprint density at radius 2 is 2.09 bits per heavy atom. The number of aromatic amines is 1. The van der Waals surface area contributed by atoms with Gasteiger partial charge in [0.1, 0.15) is 17.4 Å². The van der Waals surface area contributed by atoms with Gasteiger partial charge in [-0.3, -0.25) is 5.10 Å². The maximum absolute atomic E-state index is 15.1. The fraction of sp³-hybridized carbons (Fsp3) is 0.360.